The Morgan fingerprint density at radius 3 is 2.23 bits per heavy atom. The molecule has 1 saturated heterocycles. The average Bonchev–Trinajstić information content (AvgIpc) is 3.69. The van der Waals surface area contributed by atoms with Gasteiger partial charge in [0.1, 0.15) is 0 Å². The van der Waals surface area contributed by atoms with Crippen molar-refractivity contribution in [1.29, 1.82) is 0 Å². The first-order valence-electron chi connectivity index (χ1n) is 12.4. The molecule has 1 aliphatic heterocycles. The minimum Gasteiger partial charge on any atom is -0.475 e. The Kier molecular flexibility index (Phi) is 9.97. The number of sulfonamides is 1. The average molecular weight is 572 g/mol. The molecule has 1 aliphatic carbocycles. The standard InChI is InChI=1S/C24H31N3O4S.C2HF3O2/c1-19-4-2-5-22(18-19)32(29,30)26-21-8-6-20(7-9-21)24(10-11-24)23(28)25-12-3-13-27-14-16-31-17-15-27;3-2(4,5)1(6)7/h2,4-9,18,26H,3,10-17H2,1H3,(H,25,28);(H,6,7). The number of amides is 1. The van der Waals surface area contributed by atoms with Crippen molar-refractivity contribution in [1.82, 2.24) is 10.2 Å². The van der Waals surface area contributed by atoms with E-state index in [4.69, 9.17) is 14.6 Å². The van der Waals surface area contributed by atoms with Crippen molar-refractivity contribution in [3.63, 3.8) is 0 Å². The van der Waals surface area contributed by atoms with E-state index in [1.54, 1.807) is 30.3 Å². The quantitative estimate of drug-likeness (QED) is 0.395. The van der Waals surface area contributed by atoms with Crippen LogP contribution in [0.3, 0.4) is 0 Å². The van der Waals surface area contributed by atoms with Crippen molar-refractivity contribution in [2.45, 2.75) is 42.7 Å². The van der Waals surface area contributed by atoms with E-state index in [2.05, 4.69) is 14.9 Å². The van der Waals surface area contributed by atoms with Crippen LogP contribution >= 0.6 is 0 Å². The van der Waals surface area contributed by atoms with E-state index in [1.807, 2.05) is 25.1 Å². The van der Waals surface area contributed by atoms with Crippen LogP contribution in [0.4, 0.5) is 18.9 Å². The largest absolute Gasteiger partial charge is 0.490 e. The number of aryl methyl sites for hydroxylation is 1. The van der Waals surface area contributed by atoms with Crippen LogP contribution in [0, 0.1) is 6.92 Å². The molecule has 0 aromatic heterocycles. The fourth-order valence-electron chi connectivity index (χ4n) is 4.12. The summed E-state index contributed by atoms with van der Waals surface area (Å²) in [5.74, 6) is -2.69. The second-order valence-electron chi connectivity index (χ2n) is 9.45. The van der Waals surface area contributed by atoms with E-state index in [9.17, 15) is 26.4 Å². The first-order chi connectivity index (χ1) is 18.3. The fraction of sp³-hybridized carbons (Fsp3) is 0.462. The van der Waals surface area contributed by atoms with Gasteiger partial charge in [0, 0.05) is 25.3 Å². The van der Waals surface area contributed by atoms with Crippen LogP contribution in [0.15, 0.2) is 53.4 Å². The normalized spacial score (nSPS) is 16.9. The van der Waals surface area contributed by atoms with Crippen LogP contribution in [-0.2, 0) is 29.8 Å². The van der Waals surface area contributed by atoms with E-state index < -0.39 is 27.6 Å². The maximum absolute atomic E-state index is 12.9. The maximum atomic E-state index is 12.9. The molecule has 2 aromatic carbocycles. The van der Waals surface area contributed by atoms with Crippen molar-refractivity contribution in [3.05, 3.63) is 59.7 Å². The number of carbonyl (C=O) groups excluding carboxylic acids is 1. The molecule has 214 valence electrons. The van der Waals surface area contributed by atoms with Crippen molar-refractivity contribution in [3.8, 4) is 0 Å². The summed E-state index contributed by atoms with van der Waals surface area (Å²) >= 11 is 0. The van der Waals surface area contributed by atoms with Crippen LogP contribution < -0.4 is 10.0 Å². The van der Waals surface area contributed by atoms with E-state index in [-0.39, 0.29) is 10.8 Å². The third kappa shape index (κ3) is 8.67. The zero-order chi connectivity index (χ0) is 28.7. The SMILES string of the molecule is Cc1cccc(S(=O)(=O)Nc2ccc(C3(C(=O)NCCCN4CCOCC4)CC3)cc2)c1.O=C(O)C(F)(F)F. The van der Waals surface area contributed by atoms with Crippen LogP contribution in [0.5, 0.6) is 0 Å². The van der Waals surface area contributed by atoms with Crippen LogP contribution in [0.1, 0.15) is 30.4 Å². The smallest absolute Gasteiger partial charge is 0.475 e. The van der Waals surface area contributed by atoms with Gasteiger partial charge in [-0.15, -0.1) is 0 Å². The molecule has 2 aliphatic rings. The van der Waals surface area contributed by atoms with Crippen LogP contribution in [-0.4, -0.2) is 75.9 Å². The van der Waals surface area contributed by atoms with Gasteiger partial charge in [-0.1, -0.05) is 24.3 Å². The number of halogens is 3. The molecule has 4 rings (SSSR count). The number of carboxylic acid groups (broad SMARTS) is 1. The lowest BCUT2D eigenvalue weighted by Gasteiger charge is -2.26. The van der Waals surface area contributed by atoms with Crippen molar-refractivity contribution >= 4 is 27.6 Å². The summed E-state index contributed by atoms with van der Waals surface area (Å²) in [5.41, 5.74) is 1.82. The second kappa shape index (κ2) is 12.8. The Morgan fingerprint density at radius 2 is 1.69 bits per heavy atom. The van der Waals surface area contributed by atoms with Gasteiger partial charge in [-0.05, 0) is 68.1 Å². The van der Waals surface area contributed by atoms with Gasteiger partial charge in [0.25, 0.3) is 10.0 Å². The number of benzene rings is 2. The molecule has 13 heteroatoms. The molecule has 3 N–H and O–H groups in total. The lowest BCUT2D eigenvalue weighted by Crippen LogP contribution is -2.39. The molecule has 0 atom stereocenters. The molecule has 0 radical (unpaired) electrons. The van der Waals surface area contributed by atoms with Gasteiger partial charge in [0.05, 0.1) is 23.5 Å². The summed E-state index contributed by atoms with van der Waals surface area (Å²) in [6.07, 6.45) is -2.53. The number of hydrogen-bond donors (Lipinski definition) is 3. The number of alkyl halides is 3. The number of ether oxygens (including phenoxy) is 1. The number of hydrogen-bond acceptors (Lipinski definition) is 6. The van der Waals surface area contributed by atoms with Gasteiger partial charge in [-0.3, -0.25) is 14.4 Å². The van der Waals surface area contributed by atoms with Gasteiger partial charge in [-0.25, -0.2) is 13.2 Å². The summed E-state index contributed by atoms with van der Waals surface area (Å²) in [6.45, 7) is 6.96. The third-order valence-corrected chi connectivity index (χ3v) is 7.84. The summed E-state index contributed by atoms with van der Waals surface area (Å²) < 4.78 is 65.0. The van der Waals surface area contributed by atoms with Crippen molar-refractivity contribution < 1.29 is 41.0 Å². The van der Waals surface area contributed by atoms with Crippen LogP contribution in [0.25, 0.3) is 0 Å². The summed E-state index contributed by atoms with van der Waals surface area (Å²) in [6, 6.07) is 14.0. The number of nitrogens with zero attached hydrogens (tertiary/aromatic N) is 1. The number of anilines is 1. The van der Waals surface area contributed by atoms with E-state index in [0.29, 0.717) is 12.2 Å². The molecular weight excluding hydrogens is 539 g/mol. The number of aliphatic carboxylic acids is 1. The molecule has 1 heterocycles. The Bertz CT molecular complexity index is 1240. The molecule has 0 unspecified atom stereocenters. The summed E-state index contributed by atoms with van der Waals surface area (Å²) in [7, 11) is -3.65. The highest BCUT2D eigenvalue weighted by Gasteiger charge is 2.51. The Morgan fingerprint density at radius 1 is 1.08 bits per heavy atom. The molecule has 1 saturated carbocycles. The van der Waals surface area contributed by atoms with Crippen molar-refractivity contribution in [2.75, 3.05) is 44.1 Å². The lowest BCUT2D eigenvalue weighted by atomic mass is 9.95. The lowest BCUT2D eigenvalue weighted by molar-refractivity contribution is -0.192. The van der Waals surface area contributed by atoms with Crippen molar-refractivity contribution in [2.24, 2.45) is 0 Å². The second-order valence-corrected chi connectivity index (χ2v) is 11.1. The zero-order valence-electron chi connectivity index (χ0n) is 21.5. The minimum atomic E-state index is -5.08. The van der Waals surface area contributed by atoms with Gasteiger partial charge in [-0.2, -0.15) is 13.2 Å². The Labute approximate surface area is 225 Å². The predicted octanol–water partition coefficient (Wildman–Crippen LogP) is 3.30. The number of morpholine rings is 1. The van der Waals surface area contributed by atoms with E-state index >= 15 is 0 Å². The molecule has 9 nitrogen and oxygen atoms in total. The monoisotopic (exact) mass is 571 g/mol. The van der Waals surface area contributed by atoms with Gasteiger partial charge < -0.3 is 15.2 Å². The zero-order valence-corrected chi connectivity index (χ0v) is 22.3. The molecule has 2 aromatic rings. The molecule has 39 heavy (non-hydrogen) atoms. The number of nitrogens with one attached hydrogen (secondary N) is 2. The Balaban J connectivity index is 0.000000532. The highest BCUT2D eigenvalue weighted by atomic mass is 32.2. The van der Waals surface area contributed by atoms with Gasteiger partial charge in [0.15, 0.2) is 0 Å². The molecule has 2 fully saturated rings. The summed E-state index contributed by atoms with van der Waals surface area (Å²) in [5, 5.41) is 10.2. The van der Waals surface area contributed by atoms with Crippen LogP contribution in [0.2, 0.25) is 0 Å². The number of carboxylic acids is 1. The van der Waals surface area contributed by atoms with E-state index in [1.165, 1.54) is 0 Å². The number of rotatable bonds is 9. The highest BCUT2D eigenvalue weighted by molar-refractivity contribution is 7.92. The molecule has 0 spiro atoms. The Hall–Kier alpha value is -3.16. The minimum absolute atomic E-state index is 0.0626. The first-order valence-corrected chi connectivity index (χ1v) is 13.9. The maximum Gasteiger partial charge on any atom is 0.490 e. The van der Waals surface area contributed by atoms with E-state index in [0.717, 1.165) is 63.2 Å². The highest BCUT2D eigenvalue weighted by Crippen LogP contribution is 2.48. The van der Waals surface area contributed by atoms with Gasteiger partial charge in [0.2, 0.25) is 5.91 Å². The molecule has 0 bridgehead atoms. The first kappa shape index (κ1) is 30.4. The van der Waals surface area contributed by atoms with Gasteiger partial charge >= 0.3 is 12.1 Å². The summed E-state index contributed by atoms with van der Waals surface area (Å²) in [4.78, 5) is 24.3. The predicted molar refractivity (Wildman–Crippen MR) is 138 cm³/mol. The molecular formula is C26H32F3N3O6S. The fourth-order valence-corrected chi connectivity index (χ4v) is 5.29. The molecule has 1 amide bonds. The number of carbonyl (C=O) groups is 2. The third-order valence-electron chi connectivity index (χ3n) is 6.46. The topological polar surface area (TPSA) is 125 Å².